The summed E-state index contributed by atoms with van der Waals surface area (Å²) in [6.45, 7) is 0.889. The number of carbonyl (C=O) groups excluding carboxylic acids is 1. The van der Waals surface area contributed by atoms with E-state index in [0.717, 1.165) is 35.7 Å². The van der Waals surface area contributed by atoms with Crippen LogP contribution in [-0.2, 0) is 6.54 Å². The van der Waals surface area contributed by atoms with Gasteiger partial charge in [0.25, 0.3) is 0 Å². The zero-order valence-electron chi connectivity index (χ0n) is 10.1. The molecule has 94 valence electrons. The molecular formula is C13H17Br2NO. The molecule has 0 amide bonds. The summed E-state index contributed by atoms with van der Waals surface area (Å²) < 4.78 is 0. The number of benzene rings is 1. The van der Waals surface area contributed by atoms with Gasteiger partial charge in [0.05, 0.1) is 0 Å². The minimum atomic E-state index is 0.226. The Kier molecular flexibility index (Phi) is 6.38. The summed E-state index contributed by atoms with van der Waals surface area (Å²) in [5.41, 5.74) is 3.09. The number of carbonyl (C=O) groups is 1. The standard InChI is InChI=1S/C13H17Br2NO/c1-16(2)8-10-3-4-11(9-17)12(7-10)13(15)5-6-14/h3-4,7,9,13H,5-6,8H2,1-2H3. The summed E-state index contributed by atoms with van der Waals surface area (Å²) in [4.78, 5) is 13.4. The molecule has 0 spiro atoms. The van der Waals surface area contributed by atoms with Crippen LogP contribution in [0.3, 0.4) is 0 Å². The molecule has 0 heterocycles. The number of nitrogens with zero attached hydrogens (tertiary/aromatic N) is 1. The van der Waals surface area contributed by atoms with Crippen LogP contribution < -0.4 is 0 Å². The van der Waals surface area contributed by atoms with Crippen LogP contribution in [0.25, 0.3) is 0 Å². The molecule has 0 radical (unpaired) electrons. The number of hydrogen-bond donors (Lipinski definition) is 0. The maximum Gasteiger partial charge on any atom is 0.150 e. The Morgan fingerprint density at radius 1 is 1.41 bits per heavy atom. The molecule has 0 aliphatic carbocycles. The van der Waals surface area contributed by atoms with Crippen molar-refractivity contribution in [2.75, 3.05) is 19.4 Å². The Balaban J connectivity index is 3.01. The number of hydrogen-bond acceptors (Lipinski definition) is 2. The highest BCUT2D eigenvalue weighted by molar-refractivity contribution is 9.09. The van der Waals surface area contributed by atoms with Gasteiger partial charge in [0.15, 0.2) is 0 Å². The van der Waals surface area contributed by atoms with E-state index in [-0.39, 0.29) is 4.83 Å². The molecular weight excluding hydrogens is 346 g/mol. The van der Waals surface area contributed by atoms with Crippen molar-refractivity contribution in [3.63, 3.8) is 0 Å². The van der Waals surface area contributed by atoms with E-state index in [4.69, 9.17) is 0 Å². The second-order valence-electron chi connectivity index (χ2n) is 4.26. The van der Waals surface area contributed by atoms with Gasteiger partial charge in [-0.15, -0.1) is 0 Å². The van der Waals surface area contributed by atoms with Crippen molar-refractivity contribution in [3.05, 3.63) is 34.9 Å². The average Bonchev–Trinajstić information content (AvgIpc) is 2.28. The Morgan fingerprint density at radius 3 is 2.65 bits per heavy atom. The van der Waals surface area contributed by atoms with Crippen LogP contribution in [0, 0.1) is 0 Å². The van der Waals surface area contributed by atoms with Crippen LogP contribution in [0.2, 0.25) is 0 Å². The van der Waals surface area contributed by atoms with Crippen molar-refractivity contribution >= 4 is 38.1 Å². The minimum Gasteiger partial charge on any atom is -0.305 e. The summed E-state index contributed by atoms with van der Waals surface area (Å²) in [6, 6.07) is 6.04. The molecule has 0 saturated carbocycles. The Labute approximate surface area is 120 Å². The summed E-state index contributed by atoms with van der Waals surface area (Å²) in [5.74, 6) is 0. The van der Waals surface area contributed by atoms with Crippen LogP contribution >= 0.6 is 31.9 Å². The first-order valence-corrected chi connectivity index (χ1v) is 7.55. The van der Waals surface area contributed by atoms with E-state index in [1.54, 1.807) is 0 Å². The van der Waals surface area contributed by atoms with E-state index >= 15 is 0 Å². The first-order valence-electron chi connectivity index (χ1n) is 5.51. The SMILES string of the molecule is CN(C)Cc1ccc(C=O)c(C(Br)CCBr)c1. The van der Waals surface area contributed by atoms with E-state index in [1.165, 1.54) is 5.56 Å². The largest absolute Gasteiger partial charge is 0.305 e. The lowest BCUT2D eigenvalue weighted by molar-refractivity contribution is 0.112. The molecule has 0 N–H and O–H groups in total. The van der Waals surface area contributed by atoms with Gasteiger partial charge in [-0.2, -0.15) is 0 Å². The van der Waals surface area contributed by atoms with Crippen molar-refractivity contribution in [2.45, 2.75) is 17.8 Å². The van der Waals surface area contributed by atoms with Gasteiger partial charge in [0, 0.05) is 22.3 Å². The van der Waals surface area contributed by atoms with Gasteiger partial charge in [0.2, 0.25) is 0 Å². The zero-order valence-corrected chi connectivity index (χ0v) is 13.3. The van der Waals surface area contributed by atoms with Crippen molar-refractivity contribution in [2.24, 2.45) is 0 Å². The summed E-state index contributed by atoms with van der Waals surface area (Å²) >= 11 is 7.06. The molecule has 1 aromatic rings. The third kappa shape index (κ3) is 4.53. The van der Waals surface area contributed by atoms with Gasteiger partial charge in [-0.3, -0.25) is 4.79 Å². The van der Waals surface area contributed by atoms with Gasteiger partial charge in [-0.25, -0.2) is 0 Å². The van der Waals surface area contributed by atoms with Crippen LogP contribution in [0.1, 0.15) is 32.7 Å². The summed E-state index contributed by atoms with van der Waals surface area (Å²) in [6.07, 6.45) is 1.89. The highest BCUT2D eigenvalue weighted by Gasteiger charge is 2.12. The molecule has 0 saturated heterocycles. The number of alkyl halides is 2. The van der Waals surface area contributed by atoms with Crippen molar-refractivity contribution in [3.8, 4) is 0 Å². The maximum atomic E-state index is 11.0. The van der Waals surface area contributed by atoms with E-state index < -0.39 is 0 Å². The molecule has 2 nitrogen and oxygen atoms in total. The monoisotopic (exact) mass is 361 g/mol. The van der Waals surface area contributed by atoms with Crippen molar-refractivity contribution in [1.82, 2.24) is 4.90 Å². The van der Waals surface area contributed by atoms with E-state index in [0.29, 0.717) is 0 Å². The zero-order chi connectivity index (χ0) is 12.8. The van der Waals surface area contributed by atoms with Crippen molar-refractivity contribution in [1.29, 1.82) is 0 Å². The first-order chi connectivity index (χ1) is 8.08. The van der Waals surface area contributed by atoms with Gasteiger partial charge in [-0.1, -0.05) is 50.1 Å². The fraction of sp³-hybridized carbons (Fsp3) is 0.462. The quantitative estimate of drug-likeness (QED) is 0.567. The molecule has 1 rings (SSSR count). The third-order valence-corrected chi connectivity index (χ3v) is 3.89. The molecule has 0 aliphatic rings. The molecule has 1 unspecified atom stereocenters. The predicted molar refractivity (Wildman–Crippen MR) is 79.3 cm³/mol. The Morgan fingerprint density at radius 2 is 2.12 bits per heavy atom. The van der Waals surface area contributed by atoms with Gasteiger partial charge in [0.1, 0.15) is 6.29 Å². The molecule has 1 atom stereocenters. The molecule has 1 aromatic carbocycles. The van der Waals surface area contributed by atoms with Crippen LogP contribution in [0.4, 0.5) is 0 Å². The maximum absolute atomic E-state index is 11.0. The lowest BCUT2D eigenvalue weighted by Gasteiger charge is -2.15. The van der Waals surface area contributed by atoms with E-state index in [2.05, 4.69) is 42.8 Å². The molecule has 17 heavy (non-hydrogen) atoms. The Bertz CT molecular complexity index is 380. The van der Waals surface area contributed by atoms with Crippen molar-refractivity contribution < 1.29 is 4.79 Å². The lowest BCUT2D eigenvalue weighted by atomic mass is 10.0. The van der Waals surface area contributed by atoms with Crippen LogP contribution in [-0.4, -0.2) is 30.6 Å². The number of aldehydes is 1. The molecule has 4 heteroatoms. The minimum absolute atomic E-state index is 0.226. The van der Waals surface area contributed by atoms with Gasteiger partial charge < -0.3 is 4.90 Å². The second kappa shape index (κ2) is 7.29. The molecule has 0 aliphatic heterocycles. The number of halogens is 2. The fourth-order valence-corrected chi connectivity index (χ4v) is 3.42. The summed E-state index contributed by atoms with van der Waals surface area (Å²) in [7, 11) is 4.08. The topological polar surface area (TPSA) is 20.3 Å². The Hall–Kier alpha value is -0.190. The van der Waals surface area contributed by atoms with Gasteiger partial charge >= 0.3 is 0 Å². The predicted octanol–water partition coefficient (Wildman–Crippen LogP) is 3.78. The molecule has 0 aromatic heterocycles. The fourth-order valence-electron chi connectivity index (χ4n) is 1.72. The smallest absolute Gasteiger partial charge is 0.150 e. The normalized spacial score (nSPS) is 12.8. The highest BCUT2D eigenvalue weighted by Crippen LogP contribution is 2.30. The highest BCUT2D eigenvalue weighted by atomic mass is 79.9. The lowest BCUT2D eigenvalue weighted by Crippen LogP contribution is -2.11. The molecule has 0 fully saturated rings. The van der Waals surface area contributed by atoms with Gasteiger partial charge in [-0.05, 0) is 31.6 Å². The molecule has 0 bridgehead atoms. The van der Waals surface area contributed by atoms with Crippen LogP contribution in [0.5, 0.6) is 0 Å². The van der Waals surface area contributed by atoms with E-state index in [1.807, 2.05) is 26.2 Å². The summed E-state index contributed by atoms with van der Waals surface area (Å²) in [5, 5.41) is 0.916. The number of rotatable bonds is 6. The van der Waals surface area contributed by atoms with E-state index in [9.17, 15) is 4.79 Å². The first kappa shape index (κ1) is 14.9. The third-order valence-electron chi connectivity index (χ3n) is 2.48. The van der Waals surface area contributed by atoms with Crippen LogP contribution in [0.15, 0.2) is 18.2 Å². The second-order valence-corrected chi connectivity index (χ2v) is 6.16. The average molecular weight is 363 g/mol.